The summed E-state index contributed by atoms with van der Waals surface area (Å²) in [6.07, 6.45) is 6.84. The maximum Gasteiger partial charge on any atom is 0.0712 e. The van der Waals surface area contributed by atoms with E-state index in [1.807, 2.05) is 6.07 Å². The molecule has 1 aromatic heterocycles. The fourth-order valence-electron chi connectivity index (χ4n) is 2.59. The Balaban J connectivity index is 1.96. The first-order valence-electron chi connectivity index (χ1n) is 6.66. The summed E-state index contributed by atoms with van der Waals surface area (Å²) in [6.45, 7) is 5.28. The number of aliphatic hydroxyl groups is 1. The van der Waals surface area contributed by atoms with Crippen molar-refractivity contribution in [3.8, 4) is 0 Å². The minimum Gasteiger partial charge on any atom is -0.389 e. The van der Waals surface area contributed by atoms with Gasteiger partial charge in [0.1, 0.15) is 0 Å². The van der Waals surface area contributed by atoms with Gasteiger partial charge in [0, 0.05) is 31.9 Å². The molecular formula is C14H21ClN2O. The van der Waals surface area contributed by atoms with Gasteiger partial charge in [-0.15, -0.1) is 0 Å². The number of piperidine rings is 1. The molecule has 4 heteroatoms. The zero-order valence-electron chi connectivity index (χ0n) is 10.9. The smallest absolute Gasteiger partial charge is 0.0712 e. The maximum absolute atomic E-state index is 10.6. The van der Waals surface area contributed by atoms with Crippen LogP contribution in [0, 0.1) is 0 Å². The number of hydrogen-bond acceptors (Lipinski definition) is 3. The summed E-state index contributed by atoms with van der Waals surface area (Å²) in [5, 5.41) is 11.3. The van der Waals surface area contributed by atoms with Crippen LogP contribution in [0.15, 0.2) is 18.5 Å². The van der Waals surface area contributed by atoms with Crippen LogP contribution in [-0.2, 0) is 6.42 Å². The van der Waals surface area contributed by atoms with Gasteiger partial charge in [0.05, 0.1) is 10.6 Å². The van der Waals surface area contributed by atoms with Gasteiger partial charge < -0.3 is 10.0 Å². The molecule has 0 atom stereocenters. The van der Waals surface area contributed by atoms with Crippen LogP contribution >= 0.6 is 11.6 Å². The summed E-state index contributed by atoms with van der Waals surface area (Å²) in [7, 11) is 0. The fourth-order valence-corrected chi connectivity index (χ4v) is 2.77. The minimum atomic E-state index is -0.602. The third-order valence-electron chi connectivity index (χ3n) is 3.70. The molecule has 1 aromatic rings. The third kappa shape index (κ3) is 3.44. The van der Waals surface area contributed by atoms with E-state index < -0.39 is 5.60 Å². The largest absolute Gasteiger partial charge is 0.389 e. The average Bonchev–Trinajstić information content (AvgIpc) is 2.36. The molecule has 1 aliphatic heterocycles. The van der Waals surface area contributed by atoms with Crippen LogP contribution in [0.3, 0.4) is 0 Å². The first kappa shape index (κ1) is 13.8. The van der Waals surface area contributed by atoms with E-state index in [1.165, 1.54) is 6.42 Å². The summed E-state index contributed by atoms with van der Waals surface area (Å²) in [6, 6.07) is 1.90. The molecule has 0 amide bonds. The Kier molecular flexibility index (Phi) is 4.60. The van der Waals surface area contributed by atoms with Crippen molar-refractivity contribution in [2.24, 2.45) is 0 Å². The minimum absolute atomic E-state index is 0.602. The highest BCUT2D eigenvalue weighted by Crippen LogP contribution is 2.28. The van der Waals surface area contributed by atoms with E-state index in [9.17, 15) is 5.11 Å². The first-order chi connectivity index (χ1) is 8.63. The van der Waals surface area contributed by atoms with Crippen LogP contribution < -0.4 is 0 Å². The van der Waals surface area contributed by atoms with Crippen molar-refractivity contribution in [2.45, 2.75) is 38.2 Å². The average molecular weight is 269 g/mol. The Morgan fingerprint density at radius 3 is 2.78 bits per heavy atom. The molecule has 1 fully saturated rings. The van der Waals surface area contributed by atoms with Gasteiger partial charge in [-0.25, -0.2) is 0 Å². The Morgan fingerprint density at radius 2 is 2.17 bits per heavy atom. The first-order valence-corrected chi connectivity index (χ1v) is 7.04. The lowest BCUT2D eigenvalue weighted by Gasteiger charge is -2.38. The van der Waals surface area contributed by atoms with E-state index in [4.69, 9.17) is 11.6 Å². The predicted molar refractivity (Wildman–Crippen MR) is 73.9 cm³/mol. The van der Waals surface area contributed by atoms with Gasteiger partial charge in [-0.05, 0) is 37.4 Å². The van der Waals surface area contributed by atoms with Crippen molar-refractivity contribution in [3.63, 3.8) is 0 Å². The van der Waals surface area contributed by atoms with Crippen molar-refractivity contribution >= 4 is 11.6 Å². The van der Waals surface area contributed by atoms with Crippen molar-refractivity contribution in [1.82, 2.24) is 9.88 Å². The molecule has 3 nitrogen and oxygen atoms in total. The fraction of sp³-hybridized carbons (Fsp3) is 0.643. The summed E-state index contributed by atoms with van der Waals surface area (Å²) in [4.78, 5) is 6.39. The second kappa shape index (κ2) is 6.00. The van der Waals surface area contributed by atoms with E-state index in [-0.39, 0.29) is 0 Å². The van der Waals surface area contributed by atoms with Crippen molar-refractivity contribution in [3.05, 3.63) is 29.0 Å². The van der Waals surface area contributed by atoms with Gasteiger partial charge in [0.25, 0.3) is 0 Å². The number of hydrogen-bond donors (Lipinski definition) is 1. The van der Waals surface area contributed by atoms with E-state index in [2.05, 4.69) is 16.8 Å². The normalized spacial score (nSPS) is 19.9. The molecule has 0 saturated carbocycles. The van der Waals surface area contributed by atoms with E-state index in [0.717, 1.165) is 38.0 Å². The number of likely N-dealkylation sites (tertiary alicyclic amines) is 1. The molecule has 0 spiro atoms. The van der Waals surface area contributed by atoms with E-state index >= 15 is 0 Å². The van der Waals surface area contributed by atoms with Gasteiger partial charge in [-0.2, -0.15) is 0 Å². The molecule has 0 bridgehead atoms. The number of rotatable bonds is 4. The Morgan fingerprint density at radius 1 is 1.44 bits per heavy atom. The molecule has 1 saturated heterocycles. The quantitative estimate of drug-likeness (QED) is 0.912. The van der Waals surface area contributed by atoms with Crippen LogP contribution in [0.25, 0.3) is 0 Å². The number of nitrogens with zero attached hydrogens (tertiary/aromatic N) is 2. The van der Waals surface area contributed by atoms with Crippen molar-refractivity contribution < 1.29 is 5.11 Å². The van der Waals surface area contributed by atoms with Crippen LogP contribution in [-0.4, -0.2) is 40.2 Å². The Labute approximate surface area is 114 Å². The number of pyridine rings is 1. The van der Waals surface area contributed by atoms with Gasteiger partial charge >= 0.3 is 0 Å². The zero-order chi connectivity index (χ0) is 13.0. The molecule has 0 radical (unpaired) electrons. The van der Waals surface area contributed by atoms with Crippen LogP contribution in [0.2, 0.25) is 5.02 Å². The molecule has 0 aliphatic carbocycles. The number of aromatic nitrogens is 1. The van der Waals surface area contributed by atoms with Crippen LogP contribution in [0.5, 0.6) is 0 Å². The lowest BCUT2D eigenvalue weighted by atomic mass is 9.85. The zero-order valence-corrected chi connectivity index (χ0v) is 11.7. The highest BCUT2D eigenvalue weighted by atomic mass is 35.5. The molecule has 100 valence electrons. The SMILES string of the molecule is CCCN1CCC(O)(Cc2ccncc2Cl)CC1. The lowest BCUT2D eigenvalue weighted by Crippen LogP contribution is -2.45. The summed E-state index contributed by atoms with van der Waals surface area (Å²) < 4.78 is 0. The molecule has 2 rings (SSSR count). The van der Waals surface area contributed by atoms with E-state index in [0.29, 0.717) is 11.4 Å². The molecule has 2 heterocycles. The Bertz CT molecular complexity index is 389. The topological polar surface area (TPSA) is 36.4 Å². The predicted octanol–water partition coefficient (Wildman–Crippen LogP) is 2.51. The molecule has 1 N–H and O–H groups in total. The van der Waals surface area contributed by atoms with Gasteiger partial charge in [-0.1, -0.05) is 18.5 Å². The lowest BCUT2D eigenvalue weighted by molar-refractivity contribution is -0.0205. The van der Waals surface area contributed by atoms with Gasteiger partial charge in [-0.3, -0.25) is 4.98 Å². The molecule has 0 aromatic carbocycles. The highest BCUT2D eigenvalue weighted by Gasteiger charge is 2.32. The number of halogens is 1. The summed E-state index contributed by atoms with van der Waals surface area (Å²) in [5.74, 6) is 0. The van der Waals surface area contributed by atoms with Gasteiger partial charge in [0.2, 0.25) is 0 Å². The standard InChI is InChI=1S/C14H21ClN2O/c1-2-7-17-8-4-14(18,5-9-17)10-12-3-6-16-11-13(12)15/h3,6,11,18H,2,4-5,7-10H2,1H3. The molecule has 0 unspecified atom stereocenters. The van der Waals surface area contributed by atoms with Crippen molar-refractivity contribution in [2.75, 3.05) is 19.6 Å². The summed E-state index contributed by atoms with van der Waals surface area (Å²) in [5.41, 5.74) is 0.396. The van der Waals surface area contributed by atoms with Crippen molar-refractivity contribution in [1.29, 1.82) is 0 Å². The molecule has 18 heavy (non-hydrogen) atoms. The van der Waals surface area contributed by atoms with E-state index in [1.54, 1.807) is 12.4 Å². The summed E-state index contributed by atoms with van der Waals surface area (Å²) >= 11 is 6.10. The van der Waals surface area contributed by atoms with Crippen LogP contribution in [0.1, 0.15) is 31.7 Å². The highest BCUT2D eigenvalue weighted by molar-refractivity contribution is 6.31. The second-order valence-electron chi connectivity index (χ2n) is 5.21. The second-order valence-corrected chi connectivity index (χ2v) is 5.62. The molecule has 1 aliphatic rings. The third-order valence-corrected chi connectivity index (χ3v) is 4.04. The maximum atomic E-state index is 10.6. The molecular weight excluding hydrogens is 248 g/mol. The monoisotopic (exact) mass is 268 g/mol. The van der Waals surface area contributed by atoms with Gasteiger partial charge in [0.15, 0.2) is 0 Å². The van der Waals surface area contributed by atoms with Crippen LogP contribution in [0.4, 0.5) is 0 Å². The Hall–Kier alpha value is -0.640.